The van der Waals surface area contributed by atoms with Crippen LogP contribution in [0.15, 0.2) is 0 Å². The summed E-state index contributed by atoms with van der Waals surface area (Å²) in [6.07, 6.45) is 4.04. The number of likely N-dealkylation sites (N-methyl/N-ethyl adjacent to an activating group) is 1. The van der Waals surface area contributed by atoms with Crippen molar-refractivity contribution in [2.45, 2.75) is 52.0 Å². The van der Waals surface area contributed by atoms with E-state index < -0.39 is 11.5 Å². The minimum atomic E-state index is -0.774. The molecule has 0 aromatic carbocycles. The first-order valence-corrected chi connectivity index (χ1v) is 7.53. The third-order valence-electron chi connectivity index (χ3n) is 4.84. The van der Waals surface area contributed by atoms with Crippen molar-refractivity contribution in [3.8, 4) is 0 Å². The van der Waals surface area contributed by atoms with Gasteiger partial charge in [-0.2, -0.15) is 0 Å². The number of carboxylic acids is 1. The molecular weight excluding hydrogens is 240 g/mol. The molecule has 1 aliphatic rings. The van der Waals surface area contributed by atoms with Crippen LogP contribution in [0.1, 0.15) is 46.5 Å². The van der Waals surface area contributed by atoms with E-state index in [0.717, 1.165) is 31.2 Å². The Kier molecular flexibility index (Phi) is 6.27. The number of aliphatic carboxylic acids is 1. The van der Waals surface area contributed by atoms with Crippen molar-refractivity contribution in [3.63, 3.8) is 0 Å². The average Bonchev–Trinajstić information content (AvgIpc) is 2.38. The molecule has 2 N–H and O–H groups in total. The van der Waals surface area contributed by atoms with Gasteiger partial charge in [0, 0.05) is 6.54 Å². The van der Waals surface area contributed by atoms with Crippen LogP contribution < -0.4 is 5.32 Å². The number of piperidine rings is 1. The Labute approximate surface area is 117 Å². The third kappa shape index (κ3) is 4.77. The second-order valence-electron chi connectivity index (χ2n) is 6.39. The molecule has 4 nitrogen and oxygen atoms in total. The van der Waals surface area contributed by atoms with Gasteiger partial charge in [-0.3, -0.25) is 4.79 Å². The van der Waals surface area contributed by atoms with Gasteiger partial charge in [-0.1, -0.05) is 13.8 Å². The summed E-state index contributed by atoms with van der Waals surface area (Å²) in [6.45, 7) is 9.94. The summed E-state index contributed by atoms with van der Waals surface area (Å²) in [6, 6.07) is 0. The molecule has 0 saturated carbocycles. The molecule has 0 radical (unpaired) electrons. The predicted molar refractivity (Wildman–Crippen MR) is 78.3 cm³/mol. The van der Waals surface area contributed by atoms with Gasteiger partial charge in [0.2, 0.25) is 0 Å². The second kappa shape index (κ2) is 7.25. The zero-order valence-electron chi connectivity index (χ0n) is 12.9. The van der Waals surface area contributed by atoms with Crippen molar-refractivity contribution >= 4 is 5.97 Å². The molecule has 0 spiro atoms. The second-order valence-corrected chi connectivity index (χ2v) is 6.39. The number of unbranched alkanes of at least 4 members (excludes halogenated alkanes) is 1. The number of rotatable bonds is 7. The van der Waals surface area contributed by atoms with Crippen molar-refractivity contribution in [1.29, 1.82) is 0 Å². The lowest BCUT2D eigenvalue weighted by Crippen LogP contribution is -2.47. The highest BCUT2D eigenvalue weighted by atomic mass is 16.4. The third-order valence-corrected chi connectivity index (χ3v) is 4.84. The van der Waals surface area contributed by atoms with Crippen molar-refractivity contribution in [3.05, 3.63) is 0 Å². The summed E-state index contributed by atoms with van der Waals surface area (Å²) in [5.41, 5.74) is -0.774. The van der Waals surface area contributed by atoms with Crippen LogP contribution in [0.4, 0.5) is 0 Å². The molecule has 0 bridgehead atoms. The summed E-state index contributed by atoms with van der Waals surface area (Å²) in [5.74, 6) is 0.876. The lowest BCUT2D eigenvalue weighted by Gasteiger charge is -2.35. The maximum atomic E-state index is 11.2. The molecule has 3 unspecified atom stereocenters. The summed E-state index contributed by atoms with van der Waals surface area (Å²) < 4.78 is 0. The highest BCUT2D eigenvalue weighted by molar-refractivity contribution is 5.78. The Bertz CT molecular complexity index is 296. The van der Waals surface area contributed by atoms with Gasteiger partial charge >= 0.3 is 5.97 Å². The van der Waals surface area contributed by atoms with E-state index >= 15 is 0 Å². The molecule has 0 amide bonds. The zero-order valence-corrected chi connectivity index (χ0v) is 12.9. The largest absolute Gasteiger partial charge is 0.480 e. The molecule has 1 saturated heterocycles. The zero-order chi connectivity index (χ0) is 14.5. The molecule has 112 valence electrons. The van der Waals surface area contributed by atoms with E-state index in [4.69, 9.17) is 0 Å². The number of carboxylic acid groups (broad SMARTS) is 1. The van der Waals surface area contributed by atoms with E-state index in [9.17, 15) is 9.90 Å². The van der Waals surface area contributed by atoms with Gasteiger partial charge in [0.15, 0.2) is 0 Å². The fraction of sp³-hybridized carbons (Fsp3) is 0.933. The molecule has 0 aromatic heterocycles. The number of hydrogen-bond acceptors (Lipinski definition) is 3. The van der Waals surface area contributed by atoms with Crippen molar-refractivity contribution < 1.29 is 9.90 Å². The van der Waals surface area contributed by atoms with E-state index in [1.165, 1.54) is 19.5 Å². The highest BCUT2D eigenvalue weighted by Gasteiger charge is 2.30. The number of hydrogen-bond donors (Lipinski definition) is 2. The van der Waals surface area contributed by atoms with Crippen molar-refractivity contribution in [2.75, 3.05) is 26.7 Å². The lowest BCUT2D eigenvalue weighted by molar-refractivity contribution is -0.144. The topological polar surface area (TPSA) is 52.6 Å². The molecule has 19 heavy (non-hydrogen) atoms. The van der Waals surface area contributed by atoms with Crippen LogP contribution in [0.25, 0.3) is 0 Å². The fourth-order valence-electron chi connectivity index (χ4n) is 2.71. The number of carbonyl (C=O) groups is 1. The van der Waals surface area contributed by atoms with Crippen LogP contribution in [0.3, 0.4) is 0 Å². The van der Waals surface area contributed by atoms with Gasteiger partial charge in [0.05, 0.1) is 0 Å². The molecule has 3 atom stereocenters. The van der Waals surface area contributed by atoms with E-state index in [1.807, 2.05) is 0 Å². The molecule has 4 heteroatoms. The Hall–Kier alpha value is -0.610. The summed E-state index contributed by atoms with van der Waals surface area (Å²) >= 11 is 0. The summed E-state index contributed by atoms with van der Waals surface area (Å²) in [7, 11) is 1.72. The van der Waals surface area contributed by atoms with Crippen LogP contribution >= 0.6 is 0 Å². The Morgan fingerprint density at radius 3 is 2.58 bits per heavy atom. The number of nitrogens with zero attached hydrogens (tertiary/aromatic N) is 1. The Morgan fingerprint density at radius 2 is 2.05 bits per heavy atom. The van der Waals surface area contributed by atoms with Crippen LogP contribution in [0, 0.1) is 11.8 Å². The fourth-order valence-corrected chi connectivity index (χ4v) is 2.71. The van der Waals surface area contributed by atoms with Crippen LogP contribution in [-0.2, 0) is 4.79 Å². The predicted octanol–water partition coefficient (Wildman–Crippen LogP) is 2.20. The maximum absolute atomic E-state index is 11.2. The van der Waals surface area contributed by atoms with Gasteiger partial charge in [0.25, 0.3) is 0 Å². The lowest BCUT2D eigenvalue weighted by atomic mass is 9.88. The minimum absolute atomic E-state index is 0.693. The number of nitrogens with one attached hydrogen (secondary N) is 1. The first-order chi connectivity index (χ1) is 8.89. The van der Waals surface area contributed by atoms with Crippen LogP contribution in [0.5, 0.6) is 0 Å². The first kappa shape index (κ1) is 16.4. The summed E-state index contributed by atoms with van der Waals surface area (Å²) in [5, 5.41) is 12.1. The molecule has 1 rings (SSSR count). The van der Waals surface area contributed by atoms with Gasteiger partial charge in [0.1, 0.15) is 5.54 Å². The molecular formula is C15H30N2O2. The Balaban J connectivity index is 2.22. The average molecular weight is 270 g/mol. The molecule has 0 aliphatic carbocycles. The smallest absolute Gasteiger partial charge is 0.323 e. The van der Waals surface area contributed by atoms with E-state index in [-0.39, 0.29) is 0 Å². The quantitative estimate of drug-likeness (QED) is 0.696. The molecule has 1 fully saturated rings. The van der Waals surface area contributed by atoms with Crippen LogP contribution in [-0.4, -0.2) is 48.2 Å². The molecule has 1 heterocycles. The number of likely N-dealkylation sites (tertiary alicyclic amines) is 1. The molecule has 1 aliphatic heterocycles. The maximum Gasteiger partial charge on any atom is 0.323 e. The van der Waals surface area contributed by atoms with Gasteiger partial charge in [-0.25, -0.2) is 0 Å². The van der Waals surface area contributed by atoms with Crippen molar-refractivity contribution in [2.24, 2.45) is 11.8 Å². The van der Waals surface area contributed by atoms with E-state index in [0.29, 0.717) is 6.42 Å². The Morgan fingerprint density at radius 1 is 1.37 bits per heavy atom. The standard InChI is InChI=1S/C15H30N2O2/c1-12-7-10-17(11-13(12)2)9-6-5-8-15(3,16-4)14(18)19/h12-13,16H,5-11H2,1-4H3,(H,18,19). The van der Waals surface area contributed by atoms with Gasteiger partial charge in [-0.15, -0.1) is 0 Å². The minimum Gasteiger partial charge on any atom is -0.480 e. The summed E-state index contributed by atoms with van der Waals surface area (Å²) in [4.78, 5) is 13.7. The van der Waals surface area contributed by atoms with Crippen LogP contribution in [0.2, 0.25) is 0 Å². The van der Waals surface area contributed by atoms with Gasteiger partial charge < -0.3 is 15.3 Å². The van der Waals surface area contributed by atoms with Gasteiger partial charge in [-0.05, 0) is 64.6 Å². The van der Waals surface area contributed by atoms with E-state index in [2.05, 4.69) is 24.1 Å². The SMILES string of the molecule is CNC(C)(CCCCN1CCC(C)C(C)C1)C(=O)O. The van der Waals surface area contributed by atoms with E-state index in [1.54, 1.807) is 14.0 Å². The molecule has 0 aromatic rings. The monoisotopic (exact) mass is 270 g/mol. The highest BCUT2D eigenvalue weighted by Crippen LogP contribution is 2.23. The van der Waals surface area contributed by atoms with Crippen molar-refractivity contribution in [1.82, 2.24) is 10.2 Å². The first-order valence-electron chi connectivity index (χ1n) is 7.53. The normalized spacial score (nSPS) is 28.0.